The summed E-state index contributed by atoms with van der Waals surface area (Å²) >= 11 is 3.64. The first-order chi connectivity index (χ1) is 59.4. The van der Waals surface area contributed by atoms with Crippen molar-refractivity contribution in [1.29, 1.82) is 0 Å². The highest BCUT2D eigenvalue weighted by Gasteiger charge is 2.65. The summed E-state index contributed by atoms with van der Waals surface area (Å²) < 4.78 is 71.6. The number of aliphatic hydroxyl groups is 7. The lowest BCUT2D eigenvalue weighted by Crippen LogP contribution is -2.52. The Morgan fingerprint density at radius 2 is 0.552 bits per heavy atom. The molecule has 0 amide bonds. The Bertz CT molecular complexity index is 3690. The SMILES string of the molecule is C=C(C)[C@H]1CC[C@H]2[C@@H]3CC[C@H]4C[C@](O)(C(F)F)CC[C@@H]4[C@H]3CC[C@]12C.C=C(C)[C@H]1CC[C@H]2[C@@H]3CC[C@H]4C[C@](O)(CF)CC[C@@H]4[C@H]3CC[C@]12C.C=C(CBr)[C@H]1CC[C@H]2[C@@H]3CC[C@H]4C[C@](O)(CF)CC[C@@H]4[C@H]3CC[C@]12C.C=C(CO)[C@H]1CC[C@H]2[C@@H]3CC[C@H]4C[C@](O)(CF)CC[C@@H]4[C@H]3CC[C@]12C.C=C(CO)[C@H]1CC[C@H]2[C@@H]3CC[C@H]4C[C@](O)(COC)CC[C@@H]4[C@H]3CC[C@]12C. The van der Waals surface area contributed by atoms with Crippen molar-refractivity contribution in [2.45, 2.75) is 372 Å². The van der Waals surface area contributed by atoms with Gasteiger partial charge in [0.1, 0.15) is 25.6 Å². The molecule has 40 atom stereocenters. The van der Waals surface area contributed by atoms with Gasteiger partial charge in [-0.15, -0.1) is 0 Å². The molecule has 20 rings (SSSR count). The number of rotatable bonds is 14. The molecule has 0 aliphatic heterocycles. The van der Waals surface area contributed by atoms with Gasteiger partial charge in [0.15, 0.2) is 0 Å². The van der Waals surface area contributed by atoms with E-state index < -0.39 is 54.5 Å². The molecule has 8 nitrogen and oxygen atoms in total. The van der Waals surface area contributed by atoms with Gasteiger partial charge in [-0.05, 0) is 519 Å². The maximum atomic E-state index is 13.3. The van der Waals surface area contributed by atoms with Crippen LogP contribution in [-0.2, 0) is 4.74 Å². The summed E-state index contributed by atoms with van der Waals surface area (Å²) in [5, 5.41) is 72.6. The Kier molecular flexibility index (Phi) is 29.0. The summed E-state index contributed by atoms with van der Waals surface area (Å²) in [4.78, 5) is 0. The average Bonchev–Trinajstić information content (AvgIpc) is 1.64. The fourth-order valence-corrected chi connectivity index (χ4v) is 40.1. The molecule has 0 aromatic heterocycles. The van der Waals surface area contributed by atoms with Crippen LogP contribution >= 0.6 is 15.9 Å². The first kappa shape index (κ1) is 96.6. The van der Waals surface area contributed by atoms with Crippen molar-refractivity contribution in [3.8, 4) is 0 Å². The molecule has 0 aromatic carbocycles. The first-order valence-corrected chi connectivity index (χ1v) is 53.7. The zero-order valence-corrected chi connectivity index (χ0v) is 81.1. The molecule has 0 saturated heterocycles. The van der Waals surface area contributed by atoms with E-state index in [0.29, 0.717) is 156 Å². The number of ether oxygens (including phenoxy) is 1. The highest BCUT2D eigenvalue weighted by Crippen LogP contribution is 2.73. The number of aliphatic hydroxyl groups excluding tert-OH is 2. The summed E-state index contributed by atoms with van der Waals surface area (Å²) in [6.07, 6.45) is 47.7. The molecule has 0 spiro atoms. The number of allylic oxidation sites excluding steroid dienone is 3. The number of hydrogen-bond acceptors (Lipinski definition) is 8. The minimum Gasteiger partial charge on any atom is -0.392 e. The molecule has 20 fully saturated rings. The van der Waals surface area contributed by atoms with E-state index in [0.717, 1.165) is 168 Å². The van der Waals surface area contributed by atoms with Gasteiger partial charge in [-0.1, -0.05) is 100 Å². The summed E-state index contributed by atoms with van der Waals surface area (Å²) in [6.45, 7) is 37.4. The Balaban J connectivity index is 0.000000115. The van der Waals surface area contributed by atoms with Crippen molar-refractivity contribution in [3.05, 3.63) is 60.8 Å². The molecule has 0 aromatic rings. The molecule has 20 aliphatic carbocycles. The van der Waals surface area contributed by atoms with Crippen LogP contribution in [0, 0.1) is 205 Å². The van der Waals surface area contributed by atoms with Gasteiger partial charge in [-0.3, -0.25) is 0 Å². The quantitative estimate of drug-likeness (QED) is 0.0516. The summed E-state index contributed by atoms with van der Waals surface area (Å²) in [5.74, 6) is 21.7. The number of hydrogen-bond donors (Lipinski definition) is 7. The molecule has 0 heterocycles. The van der Waals surface area contributed by atoms with Gasteiger partial charge in [-0.2, -0.15) is 0 Å². The Morgan fingerprint density at radius 1 is 0.312 bits per heavy atom. The van der Waals surface area contributed by atoms with Crippen LogP contribution in [0.3, 0.4) is 0 Å². The van der Waals surface area contributed by atoms with Gasteiger partial charge in [0, 0.05) is 12.4 Å². The number of alkyl halides is 6. The molecule has 14 heteroatoms. The van der Waals surface area contributed by atoms with E-state index in [1.54, 1.807) is 7.11 Å². The van der Waals surface area contributed by atoms with Crippen LogP contribution in [0.2, 0.25) is 0 Å². The van der Waals surface area contributed by atoms with Crippen LogP contribution in [0.25, 0.3) is 0 Å². The second-order valence-corrected chi connectivity index (χ2v) is 51.1. The number of halogens is 6. The van der Waals surface area contributed by atoms with Crippen molar-refractivity contribution in [2.24, 2.45) is 205 Å². The van der Waals surface area contributed by atoms with E-state index in [2.05, 4.69) is 97.3 Å². The van der Waals surface area contributed by atoms with Crippen LogP contribution < -0.4 is 0 Å². The van der Waals surface area contributed by atoms with Gasteiger partial charge < -0.3 is 40.5 Å². The van der Waals surface area contributed by atoms with E-state index in [1.807, 2.05) is 0 Å². The third kappa shape index (κ3) is 17.5. The fraction of sp³-hybridized carbons (Fsp3) is 0.910. The van der Waals surface area contributed by atoms with Crippen LogP contribution in [0.1, 0.15) is 337 Å². The molecule has 0 unspecified atom stereocenters. The second kappa shape index (κ2) is 37.5. The van der Waals surface area contributed by atoms with Crippen LogP contribution in [0.5, 0.6) is 0 Å². The fourth-order valence-electron chi connectivity index (χ4n) is 39.7. The van der Waals surface area contributed by atoms with E-state index in [-0.39, 0.29) is 13.2 Å². The summed E-state index contributed by atoms with van der Waals surface area (Å²) in [7, 11) is 1.71. The maximum Gasteiger partial charge on any atom is 0.266 e. The molecule has 0 radical (unpaired) electrons. The summed E-state index contributed by atoms with van der Waals surface area (Å²) in [6, 6.07) is 0. The third-order valence-electron chi connectivity index (χ3n) is 45.3. The standard InChI is InChI=1S/C23H38O3.C22H34BrFO.C22H34F2O.C22H35FO2.C22H35FO/c1-15(13-24)20-6-7-21-19-5-4-16-12-23(25,14-26-3)11-9-17(16)18(19)8-10-22(20,21)2;1-14(12-23)19-5-6-20-18-4-3-15-11-22(25,13-24)10-8-16(15)17(18)7-9-21(19,20)2;1-13(2)18-6-7-19-17-5-4-14-12-22(25,20(23)24)11-9-15(14)16(17)8-10-21(18,19)3;1-14(12-24)19-5-6-20-18-4-3-15-11-22(25,13-23)10-8-16(15)17(18)7-9-21(19,20)2;1-14(2)19-6-7-20-18-5-4-15-12-22(24,13-23)11-9-16(15)17(18)8-10-21(19,20)3/h16-21,24-25H,1,4-14H2,2-3H3;15-20,25H,1,3-13H2,2H3;14-20,25H,1,4-12H2,2-3H3;15-20,24-25H,1,3-13H2,2H3;15-20,24H,1,4-13H2,2-3H3/t16-,17-,18+,19+,20+,21-,22+,23-;15-,16-,17+,18+,19+,20-,21+,22-;14-,15-,16+,17+,18+,19-,21+,22-;2*15-,16-,17+,18+,19+,20-,21+,22-/m00000/s1. The zero-order valence-electron chi connectivity index (χ0n) is 79.5. The van der Waals surface area contributed by atoms with E-state index >= 15 is 0 Å². The van der Waals surface area contributed by atoms with E-state index in [9.17, 15) is 57.7 Å². The predicted molar refractivity (Wildman–Crippen MR) is 499 cm³/mol. The second-order valence-electron chi connectivity index (χ2n) is 50.5. The van der Waals surface area contributed by atoms with Crippen molar-refractivity contribution >= 4 is 15.9 Å². The van der Waals surface area contributed by atoms with Crippen LogP contribution in [-0.4, -0.2) is 122 Å². The Labute approximate surface area is 763 Å². The van der Waals surface area contributed by atoms with E-state index in [4.69, 9.17) is 4.74 Å². The molecule has 20 saturated carbocycles. The maximum absolute atomic E-state index is 13.3. The lowest BCUT2D eigenvalue weighted by atomic mass is 9.48. The molecule has 0 bridgehead atoms. The third-order valence-corrected chi connectivity index (χ3v) is 46.0. The van der Waals surface area contributed by atoms with Gasteiger partial charge in [-0.25, -0.2) is 22.0 Å². The van der Waals surface area contributed by atoms with Crippen molar-refractivity contribution < 1.29 is 62.4 Å². The highest BCUT2D eigenvalue weighted by molar-refractivity contribution is 9.09. The highest BCUT2D eigenvalue weighted by atomic mass is 79.9. The zero-order chi connectivity index (χ0) is 89.3. The summed E-state index contributed by atoms with van der Waals surface area (Å²) in [5.41, 5.74) is 2.97. The molecular weight excluding hydrogens is 1640 g/mol. The average molecular weight is 1810 g/mol. The normalized spacial score (nSPS) is 52.2. The minimum atomic E-state index is -2.59. The minimum absolute atomic E-state index is 0.133. The number of methoxy groups -OCH3 is 1. The largest absolute Gasteiger partial charge is 0.392 e. The van der Waals surface area contributed by atoms with Crippen LogP contribution in [0.4, 0.5) is 22.0 Å². The van der Waals surface area contributed by atoms with Crippen molar-refractivity contribution in [1.82, 2.24) is 0 Å². The van der Waals surface area contributed by atoms with Gasteiger partial charge in [0.05, 0.1) is 42.2 Å². The van der Waals surface area contributed by atoms with Crippen LogP contribution in [0.15, 0.2) is 60.8 Å². The van der Waals surface area contributed by atoms with E-state index in [1.165, 1.54) is 209 Å². The Hall–Kier alpha value is -1.49. The molecule has 125 heavy (non-hydrogen) atoms. The van der Waals surface area contributed by atoms with Crippen molar-refractivity contribution in [3.63, 3.8) is 0 Å². The Morgan fingerprint density at radius 3 is 0.808 bits per heavy atom. The molecule has 710 valence electrons. The van der Waals surface area contributed by atoms with Gasteiger partial charge in [0.2, 0.25) is 0 Å². The molecule has 7 N–H and O–H groups in total. The number of fused-ring (bicyclic) bond motifs is 25. The van der Waals surface area contributed by atoms with Gasteiger partial charge in [0.25, 0.3) is 6.43 Å². The first-order valence-electron chi connectivity index (χ1n) is 52.6. The predicted octanol–water partition coefficient (Wildman–Crippen LogP) is 26.0. The lowest BCUT2D eigenvalue weighted by molar-refractivity contribution is -0.158. The molecule has 20 aliphatic rings. The smallest absolute Gasteiger partial charge is 0.266 e. The lowest BCUT2D eigenvalue weighted by Gasteiger charge is -2.57. The topological polar surface area (TPSA) is 151 Å². The monoisotopic (exact) mass is 1810 g/mol. The van der Waals surface area contributed by atoms with Crippen molar-refractivity contribution in [2.75, 3.05) is 52.3 Å². The van der Waals surface area contributed by atoms with Gasteiger partial charge >= 0.3 is 0 Å². The molecular formula is C111H176BrF5O8.